The Kier molecular flexibility index (Phi) is 5.89. The second kappa shape index (κ2) is 8.32. The number of carbonyl (C=O) groups excluding carboxylic acids is 2. The maximum absolute atomic E-state index is 12.9. The van der Waals surface area contributed by atoms with Crippen LogP contribution in [-0.2, 0) is 9.59 Å². The molecule has 1 atom stereocenters. The Balaban J connectivity index is 1.52. The van der Waals surface area contributed by atoms with E-state index in [1.54, 1.807) is 6.20 Å². The molecule has 0 aliphatic carbocycles. The van der Waals surface area contributed by atoms with E-state index < -0.39 is 0 Å². The zero-order valence-corrected chi connectivity index (χ0v) is 15.0. The van der Waals surface area contributed by atoms with Crippen molar-refractivity contribution in [3.8, 4) is 0 Å². The van der Waals surface area contributed by atoms with Gasteiger partial charge in [-0.3, -0.25) is 14.6 Å². The van der Waals surface area contributed by atoms with Crippen LogP contribution in [0.1, 0.15) is 45.4 Å². The van der Waals surface area contributed by atoms with Crippen LogP contribution in [0.15, 0.2) is 24.5 Å². The minimum atomic E-state index is -0.234. The zero-order chi connectivity index (χ0) is 17.6. The van der Waals surface area contributed by atoms with Crippen LogP contribution in [0, 0.1) is 0 Å². The van der Waals surface area contributed by atoms with Crippen molar-refractivity contribution in [1.82, 2.24) is 14.8 Å². The number of aromatic nitrogens is 1. The van der Waals surface area contributed by atoms with Gasteiger partial charge in [0.15, 0.2) is 0 Å². The number of likely N-dealkylation sites (tertiary alicyclic amines) is 2. The molecular formula is C19H28N4O2. The Hall–Kier alpha value is -2.11. The summed E-state index contributed by atoms with van der Waals surface area (Å²) in [6, 6.07) is 4.07. The molecule has 0 aromatic carbocycles. The molecule has 0 saturated carbocycles. The molecule has 0 radical (unpaired) electrons. The van der Waals surface area contributed by atoms with Gasteiger partial charge < -0.3 is 15.1 Å². The summed E-state index contributed by atoms with van der Waals surface area (Å²) in [6.45, 7) is 4.24. The smallest absolute Gasteiger partial charge is 0.245 e. The molecule has 1 aromatic rings. The molecule has 1 N–H and O–H groups in total. The van der Waals surface area contributed by atoms with E-state index >= 15 is 0 Å². The highest BCUT2D eigenvalue weighted by Gasteiger charge is 2.37. The van der Waals surface area contributed by atoms with E-state index in [0.29, 0.717) is 12.5 Å². The number of pyridine rings is 1. The summed E-state index contributed by atoms with van der Waals surface area (Å²) in [4.78, 5) is 33.0. The summed E-state index contributed by atoms with van der Waals surface area (Å²) in [5.74, 6) is 0.272. The number of nitrogens with zero attached hydrogens (tertiary/aromatic N) is 3. The lowest BCUT2D eigenvalue weighted by atomic mass is 10.0. The van der Waals surface area contributed by atoms with Gasteiger partial charge in [-0.15, -0.1) is 0 Å². The molecule has 6 nitrogen and oxygen atoms in total. The van der Waals surface area contributed by atoms with Crippen molar-refractivity contribution in [2.24, 2.45) is 0 Å². The third-order valence-corrected chi connectivity index (χ3v) is 5.16. The largest absolute Gasteiger partial charge is 0.381 e. The normalized spacial score (nSPS) is 21.4. The molecule has 3 rings (SSSR count). The fourth-order valence-electron chi connectivity index (χ4n) is 3.82. The molecule has 136 valence electrons. The highest BCUT2D eigenvalue weighted by Crippen LogP contribution is 2.23. The summed E-state index contributed by atoms with van der Waals surface area (Å²) >= 11 is 0. The van der Waals surface area contributed by atoms with Gasteiger partial charge in [0, 0.05) is 44.5 Å². The topological polar surface area (TPSA) is 65.5 Å². The first kappa shape index (κ1) is 17.7. The predicted molar refractivity (Wildman–Crippen MR) is 97.1 cm³/mol. The van der Waals surface area contributed by atoms with E-state index in [9.17, 15) is 9.59 Å². The third kappa shape index (κ3) is 4.30. The van der Waals surface area contributed by atoms with Crippen LogP contribution in [0.25, 0.3) is 0 Å². The maximum atomic E-state index is 12.9. The summed E-state index contributed by atoms with van der Waals surface area (Å²) < 4.78 is 0. The van der Waals surface area contributed by atoms with Crippen molar-refractivity contribution in [2.75, 3.05) is 25.0 Å². The maximum Gasteiger partial charge on any atom is 0.245 e. The number of hydrogen-bond acceptors (Lipinski definition) is 4. The molecule has 0 unspecified atom stereocenters. The van der Waals surface area contributed by atoms with E-state index in [4.69, 9.17) is 0 Å². The van der Waals surface area contributed by atoms with Crippen molar-refractivity contribution in [1.29, 1.82) is 0 Å². The molecule has 2 aliphatic rings. The minimum Gasteiger partial charge on any atom is -0.381 e. The quantitative estimate of drug-likeness (QED) is 0.890. The molecular weight excluding hydrogens is 316 g/mol. The van der Waals surface area contributed by atoms with Gasteiger partial charge in [-0.1, -0.05) is 6.92 Å². The highest BCUT2D eigenvalue weighted by molar-refractivity contribution is 5.88. The fourth-order valence-corrected chi connectivity index (χ4v) is 3.82. The molecule has 3 heterocycles. The summed E-state index contributed by atoms with van der Waals surface area (Å²) in [5, 5.41) is 3.49. The summed E-state index contributed by atoms with van der Waals surface area (Å²) in [6.07, 6.45) is 8.56. The van der Waals surface area contributed by atoms with Crippen LogP contribution >= 0.6 is 0 Å². The van der Waals surface area contributed by atoms with Crippen molar-refractivity contribution < 1.29 is 9.59 Å². The monoisotopic (exact) mass is 344 g/mol. The lowest BCUT2D eigenvalue weighted by Crippen LogP contribution is -2.51. The van der Waals surface area contributed by atoms with Crippen molar-refractivity contribution in [3.05, 3.63) is 24.5 Å². The van der Waals surface area contributed by atoms with Gasteiger partial charge in [-0.05, 0) is 44.2 Å². The lowest BCUT2D eigenvalue weighted by molar-refractivity contribution is -0.144. The molecule has 25 heavy (non-hydrogen) atoms. The highest BCUT2D eigenvalue weighted by atomic mass is 16.2. The van der Waals surface area contributed by atoms with Gasteiger partial charge in [0.1, 0.15) is 6.04 Å². The Morgan fingerprint density at radius 1 is 1.24 bits per heavy atom. The Morgan fingerprint density at radius 3 is 2.72 bits per heavy atom. The Labute approximate surface area is 149 Å². The van der Waals surface area contributed by atoms with Gasteiger partial charge >= 0.3 is 0 Å². The standard InChI is InChI=1S/C19H28N4O2/c1-2-5-18(24)23-11-4-7-17(23)19(25)22-12-8-15(9-13-22)21-16-6-3-10-20-14-16/h3,6,10,14-15,17,21H,2,4-5,7-9,11-13H2,1H3/t17-/m1/s1. The van der Waals surface area contributed by atoms with E-state index in [2.05, 4.69) is 10.3 Å². The molecule has 0 bridgehead atoms. The van der Waals surface area contributed by atoms with E-state index in [-0.39, 0.29) is 17.9 Å². The van der Waals surface area contributed by atoms with Crippen molar-refractivity contribution >= 4 is 17.5 Å². The molecule has 0 spiro atoms. The lowest BCUT2D eigenvalue weighted by Gasteiger charge is -2.36. The number of anilines is 1. The van der Waals surface area contributed by atoms with Crippen LogP contribution in [0.2, 0.25) is 0 Å². The first-order valence-corrected chi connectivity index (χ1v) is 9.44. The van der Waals surface area contributed by atoms with Gasteiger partial charge in [0.25, 0.3) is 0 Å². The average molecular weight is 344 g/mol. The van der Waals surface area contributed by atoms with Crippen LogP contribution < -0.4 is 5.32 Å². The van der Waals surface area contributed by atoms with E-state index in [1.165, 1.54) is 0 Å². The zero-order valence-electron chi connectivity index (χ0n) is 15.0. The van der Waals surface area contributed by atoms with E-state index in [0.717, 1.165) is 57.4 Å². The van der Waals surface area contributed by atoms with Gasteiger partial charge in [0.05, 0.1) is 5.69 Å². The second-order valence-electron chi connectivity index (χ2n) is 6.98. The number of hydrogen-bond donors (Lipinski definition) is 1. The average Bonchev–Trinajstić information content (AvgIpc) is 3.13. The molecule has 6 heteroatoms. The van der Waals surface area contributed by atoms with Crippen molar-refractivity contribution in [3.63, 3.8) is 0 Å². The number of carbonyl (C=O) groups is 2. The first-order valence-electron chi connectivity index (χ1n) is 9.44. The fraction of sp³-hybridized carbons (Fsp3) is 0.632. The van der Waals surface area contributed by atoms with Crippen LogP contribution in [-0.4, -0.2) is 58.3 Å². The molecule has 2 fully saturated rings. The third-order valence-electron chi connectivity index (χ3n) is 5.16. The molecule has 2 aliphatic heterocycles. The number of piperidine rings is 1. The van der Waals surface area contributed by atoms with E-state index in [1.807, 2.05) is 35.1 Å². The molecule has 2 saturated heterocycles. The van der Waals surface area contributed by atoms with Gasteiger partial charge in [-0.25, -0.2) is 0 Å². The number of nitrogens with one attached hydrogen (secondary N) is 1. The SMILES string of the molecule is CCCC(=O)N1CCC[C@@H]1C(=O)N1CCC(Nc2cccnc2)CC1. The molecule has 1 aromatic heterocycles. The van der Waals surface area contributed by atoms with Gasteiger partial charge in [-0.2, -0.15) is 0 Å². The second-order valence-corrected chi connectivity index (χ2v) is 6.98. The number of amides is 2. The predicted octanol–water partition coefficient (Wildman–Crippen LogP) is 2.28. The first-order chi connectivity index (χ1) is 12.2. The Bertz CT molecular complexity index is 584. The number of rotatable bonds is 5. The Morgan fingerprint density at radius 2 is 2.04 bits per heavy atom. The minimum absolute atomic E-state index is 0.131. The van der Waals surface area contributed by atoms with Crippen LogP contribution in [0.4, 0.5) is 5.69 Å². The molecule has 2 amide bonds. The van der Waals surface area contributed by atoms with Crippen molar-refractivity contribution in [2.45, 2.75) is 57.5 Å². The van der Waals surface area contributed by atoms with Gasteiger partial charge in [0.2, 0.25) is 11.8 Å². The summed E-state index contributed by atoms with van der Waals surface area (Å²) in [7, 11) is 0. The summed E-state index contributed by atoms with van der Waals surface area (Å²) in [5.41, 5.74) is 1.03. The van der Waals surface area contributed by atoms with Crippen LogP contribution in [0.3, 0.4) is 0 Å². The van der Waals surface area contributed by atoms with Crippen LogP contribution in [0.5, 0.6) is 0 Å².